The Morgan fingerprint density at radius 3 is 3.00 bits per heavy atom. The topological polar surface area (TPSA) is 69.8 Å². The Morgan fingerprint density at radius 2 is 2.50 bits per heavy atom. The van der Waals surface area contributed by atoms with E-state index >= 15 is 0 Å². The van der Waals surface area contributed by atoms with E-state index in [-0.39, 0.29) is 5.91 Å². The third-order valence-electron chi connectivity index (χ3n) is 2.43. The summed E-state index contributed by atoms with van der Waals surface area (Å²) in [7, 11) is 0. The quantitative estimate of drug-likeness (QED) is 0.646. The van der Waals surface area contributed by atoms with Crippen molar-refractivity contribution in [3.05, 3.63) is 11.8 Å². The lowest BCUT2D eigenvalue weighted by atomic mass is 9.99. The van der Waals surface area contributed by atoms with Crippen molar-refractivity contribution in [2.75, 3.05) is 18.4 Å². The zero-order valence-electron chi connectivity index (χ0n) is 8.13. The van der Waals surface area contributed by atoms with E-state index in [4.69, 9.17) is 0 Å². The SMILES string of the molecule is Cc1cn[nH]c1NC(=O)CC1CNC1. The van der Waals surface area contributed by atoms with Gasteiger partial charge in [0.25, 0.3) is 0 Å². The molecule has 14 heavy (non-hydrogen) atoms. The molecule has 0 saturated carbocycles. The van der Waals surface area contributed by atoms with E-state index < -0.39 is 0 Å². The molecule has 1 saturated heterocycles. The van der Waals surface area contributed by atoms with Gasteiger partial charge in [-0.1, -0.05) is 0 Å². The molecule has 5 heteroatoms. The van der Waals surface area contributed by atoms with Gasteiger partial charge in [0, 0.05) is 12.0 Å². The average Bonchev–Trinajstić information content (AvgIpc) is 2.45. The van der Waals surface area contributed by atoms with E-state index in [1.807, 2.05) is 6.92 Å². The Labute approximate surface area is 82.3 Å². The van der Waals surface area contributed by atoms with Crippen molar-refractivity contribution in [1.29, 1.82) is 0 Å². The number of H-pyrrole nitrogens is 1. The maximum absolute atomic E-state index is 11.5. The number of hydrogen-bond donors (Lipinski definition) is 3. The van der Waals surface area contributed by atoms with Crippen LogP contribution in [-0.2, 0) is 4.79 Å². The second-order valence-electron chi connectivity index (χ2n) is 3.70. The van der Waals surface area contributed by atoms with Gasteiger partial charge in [0.2, 0.25) is 5.91 Å². The number of aryl methyl sites for hydroxylation is 1. The van der Waals surface area contributed by atoms with E-state index in [0.29, 0.717) is 18.2 Å². The lowest BCUT2D eigenvalue weighted by Gasteiger charge is -2.26. The molecule has 5 nitrogen and oxygen atoms in total. The average molecular weight is 194 g/mol. The van der Waals surface area contributed by atoms with Crippen molar-refractivity contribution < 1.29 is 4.79 Å². The summed E-state index contributed by atoms with van der Waals surface area (Å²) in [6.07, 6.45) is 2.28. The van der Waals surface area contributed by atoms with Crippen molar-refractivity contribution in [2.45, 2.75) is 13.3 Å². The molecular weight excluding hydrogens is 180 g/mol. The summed E-state index contributed by atoms with van der Waals surface area (Å²) in [5.74, 6) is 1.27. The van der Waals surface area contributed by atoms with Crippen molar-refractivity contribution in [2.24, 2.45) is 5.92 Å². The second-order valence-corrected chi connectivity index (χ2v) is 3.70. The molecule has 76 valence electrons. The number of aromatic nitrogens is 2. The van der Waals surface area contributed by atoms with Gasteiger partial charge in [-0.3, -0.25) is 9.89 Å². The van der Waals surface area contributed by atoms with Gasteiger partial charge in [-0.05, 0) is 25.9 Å². The van der Waals surface area contributed by atoms with Gasteiger partial charge >= 0.3 is 0 Å². The minimum absolute atomic E-state index is 0.0591. The van der Waals surface area contributed by atoms with E-state index in [1.54, 1.807) is 6.20 Å². The highest BCUT2D eigenvalue weighted by atomic mass is 16.1. The monoisotopic (exact) mass is 194 g/mol. The first kappa shape index (κ1) is 9.21. The Hall–Kier alpha value is -1.36. The molecule has 0 aliphatic carbocycles. The molecule has 1 amide bonds. The summed E-state index contributed by atoms with van der Waals surface area (Å²) in [5, 5.41) is 12.5. The maximum atomic E-state index is 11.5. The highest BCUT2D eigenvalue weighted by Crippen LogP contribution is 2.12. The van der Waals surface area contributed by atoms with Gasteiger partial charge in [0.1, 0.15) is 5.82 Å². The Bertz CT molecular complexity index is 329. The minimum Gasteiger partial charge on any atom is -0.316 e. The van der Waals surface area contributed by atoms with Crippen molar-refractivity contribution in [3.8, 4) is 0 Å². The van der Waals surface area contributed by atoms with E-state index in [1.165, 1.54) is 0 Å². The van der Waals surface area contributed by atoms with Crippen LogP contribution < -0.4 is 10.6 Å². The molecule has 1 aliphatic rings. The van der Waals surface area contributed by atoms with Crippen molar-refractivity contribution in [1.82, 2.24) is 15.5 Å². The number of nitrogens with one attached hydrogen (secondary N) is 3. The maximum Gasteiger partial charge on any atom is 0.225 e. The molecule has 2 rings (SSSR count). The lowest BCUT2D eigenvalue weighted by Crippen LogP contribution is -2.43. The molecular formula is C9H14N4O. The van der Waals surface area contributed by atoms with Gasteiger partial charge in [-0.15, -0.1) is 0 Å². The molecule has 0 atom stereocenters. The first-order chi connectivity index (χ1) is 6.75. The first-order valence-electron chi connectivity index (χ1n) is 4.76. The molecule has 0 aromatic carbocycles. The Balaban J connectivity index is 1.84. The molecule has 1 aliphatic heterocycles. The normalized spacial score (nSPS) is 16.4. The van der Waals surface area contributed by atoms with Crippen LogP contribution in [0, 0.1) is 12.8 Å². The molecule has 1 aromatic heterocycles. The van der Waals surface area contributed by atoms with E-state index in [0.717, 1.165) is 18.7 Å². The van der Waals surface area contributed by atoms with E-state index in [2.05, 4.69) is 20.8 Å². The third kappa shape index (κ3) is 1.93. The smallest absolute Gasteiger partial charge is 0.225 e. The van der Waals surface area contributed by atoms with Crippen LogP contribution in [0.4, 0.5) is 5.82 Å². The van der Waals surface area contributed by atoms with E-state index in [9.17, 15) is 4.79 Å². The third-order valence-corrected chi connectivity index (χ3v) is 2.43. The van der Waals surface area contributed by atoms with Crippen LogP contribution in [0.15, 0.2) is 6.20 Å². The molecule has 0 bridgehead atoms. The standard InChI is InChI=1S/C9H14N4O/c1-6-3-11-13-9(6)12-8(14)2-7-4-10-5-7/h3,7,10H,2,4-5H2,1H3,(H2,11,12,13,14). The number of hydrogen-bond acceptors (Lipinski definition) is 3. The predicted molar refractivity (Wildman–Crippen MR) is 52.9 cm³/mol. The molecule has 3 N–H and O–H groups in total. The van der Waals surface area contributed by atoms with Crippen molar-refractivity contribution >= 4 is 11.7 Å². The number of nitrogens with zero attached hydrogens (tertiary/aromatic N) is 1. The summed E-state index contributed by atoms with van der Waals surface area (Å²) < 4.78 is 0. The number of carbonyl (C=O) groups is 1. The van der Waals surface area contributed by atoms with Crippen LogP contribution in [0.1, 0.15) is 12.0 Å². The van der Waals surface area contributed by atoms with Crippen LogP contribution >= 0.6 is 0 Å². The number of anilines is 1. The van der Waals surface area contributed by atoms with Crippen LogP contribution in [0.25, 0.3) is 0 Å². The fourth-order valence-electron chi connectivity index (χ4n) is 1.42. The molecule has 0 spiro atoms. The predicted octanol–water partition coefficient (Wildman–Crippen LogP) is 0.266. The van der Waals surface area contributed by atoms with Gasteiger partial charge in [-0.25, -0.2) is 0 Å². The van der Waals surface area contributed by atoms with Gasteiger partial charge < -0.3 is 10.6 Å². The van der Waals surface area contributed by atoms with Gasteiger partial charge in [-0.2, -0.15) is 5.10 Å². The summed E-state index contributed by atoms with van der Waals surface area (Å²) in [6.45, 7) is 3.81. The molecule has 1 aromatic rings. The number of amides is 1. The van der Waals surface area contributed by atoms with Gasteiger partial charge in [0.05, 0.1) is 6.20 Å². The number of carbonyl (C=O) groups excluding carboxylic acids is 1. The van der Waals surface area contributed by atoms with Crippen LogP contribution in [-0.4, -0.2) is 29.2 Å². The fraction of sp³-hybridized carbons (Fsp3) is 0.556. The highest BCUT2D eigenvalue weighted by Gasteiger charge is 2.20. The van der Waals surface area contributed by atoms with Crippen LogP contribution in [0.3, 0.4) is 0 Å². The summed E-state index contributed by atoms with van der Waals surface area (Å²) >= 11 is 0. The summed E-state index contributed by atoms with van der Waals surface area (Å²) in [5.41, 5.74) is 0.963. The lowest BCUT2D eigenvalue weighted by molar-refractivity contribution is -0.117. The highest BCUT2D eigenvalue weighted by molar-refractivity contribution is 5.90. The number of rotatable bonds is 3. The fourth-order valence-corrected chi connectivity index (χ4v) is 1.42. The Kier molecular flexibility index (Phi) is 2.49. The van der Waals surface area contributed by atoms with Crippen molar-refractivity contribution in [3.63, 3.8) is 0 Å². The van der Waals surface area contributed by atoms with Crippen LogP contribution in [0.2, 0.25) is 0 Å². The minimum atomic E-state index is 0.0591. The first-order valence-corrected chi connectivity index (χ1v) is 4.76. The zero-order valence-corrected chi connectivity index (χ0v) is 8.13. The molecule has 1 fully saturated rings. The van der Waals surface area contributed by atoms with Gasteiger partial charge in [0.15, 0.2) is 0 Å². The van der Waals surface area contributed by atoms with Crippen LogP contribution in [0.5, 0.6) is 0 Å². The second kappa shape index (κ2) is 3.79. The summed E-state index contributed by atoms with van der Waals surface area (Å²) in [6, 6.07) is 0. The number of aromatic amines is 1. The zero-order chi connectivity index (χ0) is 9.97. The molecule has 2 heterocycles. The molecule has 0 radical (unpaired) electrons. The molecule has 0 unspecified atom stereocenters. The summed E-state index contributed by atoms with van der Waals surface area (Å²) in [4.78, 5) is 11.5. The Morgan fingerprint density at radius 1 is 1.71 bits per heavy atom. The largest absolute Gasteiger partial charge is 0.316 e.